The lowest BCUT2D eigenvalue weighted by molar-refractivity contribution is 0.249. The molecule has 14 heavy (non-hydrogen) atoms. The number of amides is 2. The Balaban J connectivity index is 3.15. The maximum atomic E-state index is 10.9. The highest BCUT2D eigenvalue weighted by Gasteiger charge is 2.34. The molecule has 0 atom stereocenters. The molecule has 3 N–H and O–H groups in total. The van der Waals surface area contributed by atoms with Crippen molar-refractivity contribution < 1.29 is 4.79 Å². The molecule has 0 aromatic carbocycles. The molecule has 1 rings (SSSR count). The highest BCUT2D eigenvalue weighted by Crippen LogP contribution is 2.44. The van der Waals surface area contributed by atoms with Crippen LogP contribution in [0.2, 0.25) is 0 Å². The fourth-order valence-corrected chi connectivity index (χ4v) is 1.97. The number of nitrogens with two attached hydrogens (primary N) is 1. The zero-order valence-electron chi connectivity index (χ0n) is 9.49. The summed E-state index contributed by atoms with van der Waals surface area (Å²) in [5.41, 5.74) is 9.64. The number of hydrogen-bond acceptors (Lipinski definition) is 1. The highest BCUT2D eigenvalue weighted by atomic mass is 16.2. The van der Waals surface area contributed by atoms with Crippen LogP contribution in [0.4, 0.5) is 4.79 Å². The summed E-state index contributed by atoms with van der Waals surface area (Å²) in [5.74, 6) is 0. The number of allylic oxidation sites excluding steroid dienone is 3. The predicted octanol–water partition coefficient (Wildman–Crippen LogP) is 2.30. The van der Waals surface area contributed by atoms with E-state index in [1.807, 2.05) is 6.92 Å². The van der Waals surface area contributed by atoms with E-state index in [-0.39, 0.29) is 5.41 Å². The first kappa shape index (κ1) is 10.8. The van der Waals surface area contributed by atoms with E-state index in [2.05, 4.69) is 33.0 Å². The topological polar surface area (TPSA) is 55.1 Å². The SMILES string of the molecule is CC1=C(C)C(C)(C)C(NC(N)=O)=C1C. The molecule has 0 aromatic rings. The average molecular weight is 194 g/mol. The molecule has 0 spiro atoms. The van der Waals surface area contributed by atoms with E-state index in [9.17, 15) is 4.79 Å². The number of primary amides is 1. The number of hydrogen-bond donors (Lipinski definition) is 2. The summed E-state index contributed by atoms with van der Waals surface area (Å²) in [6.45, 7) is 10.4. The maximum Gasteiger partial charge on any atom is 0.316 e. The molecule has 3 nitrogen and oxygen atoms in total. The second-order valence-electron chi connectivity index (χ2n) is 4.36. The van der Waals surface area contributed by atoms with Gasteiger partial charge in [0.15, 0.2) is 0 Å². The van der Waals surface area contributed by atoms with E-state index in [4.69, 9.17) is 5.73 Å². The molecule has 0 fully saturated rings. The molecule has 78 valence electrons. The first-order chi connectivity index (χ1) is 6.28. The van der Waals surface area contributed by atoms with Crippen LogP contribution in [-0.2, 0) is 0 Å². The van der Waals surface area contributed by atoms with Crippen molar-refractivity contribution >= 4 is 6.03 Å². The summed E-state index contributed by atoms with van der Waals surface area (Å²) in [5, 5.41) is 2.72. The van der Waals surface area contributed by atoms with E-state index in [0.29, 0.717) is 0 Å². The highest BCUT2D eigenvalue weighted by molar-refractivity contribution is 5.75. The van der Waals surface area contributed by atoms with Crippen LogP contribution in [-0.4, -0.2) is 6.03 Å². The van der Waals surface area contributed by atoms with Crippen molar-refractivity contribution in [3.63, 3.8) is 0 Å². The van der Waals surface area contributed by atoms with Gasteiger partial charge in [0.05, 0.1) is 0 Å². The number of carbonyl (C=O) groups is 1. The van der Waals surface area contributed by atoms with E-state index >= 15 is 0 Å². The summed E-state index contributed by atoms with van der Waals surface area (Å²) in [7, 11) is 0. The van der Waals surface area contributed by atoms with Gasteiger partial charge in [-0.3, -0.25) is 0 Å². The molecular formula is C11H18N2O. The minimum atomic E-state index is -0.491. The molecule has 2 amide bonds. The van der Waals surface area contributed by atoms with Gasteiger partial charge >= 0.3 is 6.03 Å². The second-order valence-corrected chi connectivity index (χ2v) is 4.36. The monoisotopic (exact) mass is 194 g/mol. The molecule has 1 aliphatic carbocycles. The fraction of sp³-hybridized carbons (Fsp3) is 0.545. The summed E-state index contributed by atoms with van der Waals surface area (Å²) in [6, 6.07) is -0.491. The van der Waals surface area contributed by atoms with Crippen LogP contribution in [0.15, 0.2) is 22.4 Å². The summed E-state index contributed by atoms with van der Waals surface area (Å²) in [6.07, 6.45) is 0. The minimum Gasteiger partial charge on any atom is -0.351 e. The van der Waals surface area contributed by atoms with Crippen molar-refractivity contribution in [2.45, 2.75) is 34.6 Å². The Bertz CT molecular complexity index is 348. The van der Waals surface area contributed by atoms with Gasteiger partial charge in [-0.15, -0.1) is 0 Å². The van der Waals surface area contributed by atoms with Crippen LogP contribution in [0.1, 0.15) is 34.6 Å². The van der Waals surface area contributed by atoms with Crippen LogP contribution in [0.3, 0.4) is 0 Å². The average Bonchev–Trinajstić information content (AvgIpc) is 2.20. The lowest BCUT2D eigenvalue weighted by atomic mass is 9.84. The Hall–Kier alpha value is -1.25. The molecule has 0 radical (unpaired) electrons. The second kappa shape index (κ2) is 3.15. The van der Waals surface area contributed by atoms with Crippen molar-refractivity contribution in [3.8, 4) is 0 Å². The maximum absolute atomic E-state index is 10.9. The van der Waals surface area contributed by atoms with Crippen LogP contribution in [0.25, 0.3) is 0 Å². The first-order valence-electron chi connectivity index (χ1n) is 4.74. The third-order valence-electron chi connectivity index (χ3n) is 3.31. The van der Waals surface area contributed by atoms with E-state index < -0.39 is 6.03 Å². The quantitative estimate of drug-likeness (QED) is 0.661. The summed E-state index contributed by atoms with van der Waals surface area (Å²) in [4.78, 5) is 10.9. The summed E-state index contributed by atoms with van der Waals surface area (Å²) >= 11 is 0. The van der Waals surface area contributed by atoms with E-state index in [0.717, 1.165) is 11.3 Å². The van der Waals surface area contributed by atoms with Crippen molar-refractivity contribution in [3.05, 3.63) is 22.4 Å². The van der Waals surface area contributed by atoms with Gasteiger partial charge in [0.2, 0.25) is 0 Å². The molecular weight excluding hydrogens is 176 g/mol. The largest absolute Gasteiger partial charge is 0.351 e. The lowest BCUT2D eigenvalue weighted by Gasteiger charge is -2.25. The van der Waals surface area contributed by atoms with Crippen molar-refractivity contribution in [2.24, 2.45) is 11.1 Å². The molecule has 0 heterocycles. The lowest BCUT2D eigenvalue weighted by Crippen LogP contribution is -2.34. The first-order valence-corrected chi connectivity index (χ1v) is 4.74. The Kier molecular flexibility index (Phi) is 2.44. The van der Waals surface area contributed by atoms with Crippen molar-refractivity contribution in [1.82, 2.24) is 5.32 Å². The molecule has 0 unspecified atom stereocenters. The van der Waals surface area contributed by atoms with E-state index in [1.54, 1.807) is 0 Å². The molecule has 1 aliphatic rings. The van der Waals surface area contributed by atoms with Crippen molar-refractivity contribution in [2.75, 3.05) is 0 Å². The number of urea groups is 1. The van der Waals surface area contributed by atoms with Gasteiger partial charge < -0.3 is 11.1 Å². The Morgan fingerprint density at radius 1 is 1.21 bits per heavy atom. The van der Waals surface area contributed by atoms with Crippen LogP contribution >= 0.6 is 0 Å². The van der Waals surface area contributed by atoms with Gasteiger partial charge in [0.25, 0.3) is 0 Å². The standard InChI is InChI=1S/C11H18N2O/c1-6-7(2)9(13-10(12)14)11(4,5)8(6)3/h1-5H3,(H3,12,13,14). The van der Waals surface area contributed by atoms with Crippen LogP contribution in [0, 0.1) is 5.41 Å². The van der Waals surface area contributed by atoms with Gasteiger partial charge in [-0.1, -0.05) is 19.4 Å². The molecule has 0 saturated carbocycles. The molecule has 0 saturated heterocycles. The van der Waals surface area contributed by atoms with Crippen LogP contribution in [0.5, 0.6) is 0 Å². The zero-order chi connectivity index (χ0) is 11.1. The summed E-state index contributed by atoms with van der Waals surface area (Å²) < 4.78 is 0. The minimum absolute atomic E-state index is 0.108. The Morgan fingerprint density at radius 3 is 2.00 bits per heavy atom. The van der Waals surface area contributed by atoms with Gasteiger partial charge in [-0.2, -0.15) is 0 Å². The number of rotatable bonds is 1. The zero-order valence-corrected chi connectivity index (χ0v) is 9.49. The van der Waals surface area contributed by atoms with Gasteiger partial charge in [-0.25, -0.2) is 4.79 Å². The molecule has 0 bridgehead atoms. The van der Waals surface area contributed by atoms with Crippen molar-refractivity contribution in [1.29, 1.82) is 0 Å². The molecule has 0 aliphatic heterocycles. The van der Waals surface area contributed by atoms with E-state index in [1.165, 1.54) is 11.1 Å². The van der Waals surface area contributed by atoms with Gasteiger partial charge in [-0.05, 0) is 31.9 Å². The third-order valence-corrected chi connectivity index (χ3v) is 3.31. The number of nitrogens with one attached hydrogen (secondary N) is 1. The molecule has 0 aromatic heterocycles. The fourth-order valence-electron chi connectivity index (χ4n) is 1.97. The third kappa shape index (κ3) is 1.43. The van der Waals surface area contributed by atoms with Crippen LogP contribution < -0.4 is 11.1 Å². The predicted molar refractivity (Wildman–Crippen MR) is 57.6 cm³/mol. The molecule has 3 heteroatoms. The van der Waals surface area contributed by atoms with Gasteiger partial charge in [0.1, 0.15) is 0 Å². The normalized spacial score (nSPS) is 20.4. The van der Waals surface area contributed by atoms with Gasteiger partial charge in [0, 0.05) is 11.1 Å². The Labute approximate surface area is 85.1 Å². The smallest absolute Gasteiger partial charge is 0.316 e. The number of carbonyl (C=O) groups excluding carboxylic acids is 1. The Morgan fingerprint density at radius 2 is 1.71 bits per heavy atom.